The Morgan fingerprint density at radius 2 is 2.15 bits per heavy atom. The zero-order valence-electron chi connectivity index (χ0n) is 7.53. The summed E-state index contributed by atoms with van der Waals surface area (Å²) < 4.78 is 4.75. The van der Waals surface area contributed by atoms with Crippen molar-refractivity contribution in [2.45, 2.75) is 26.1 Å². The Morgan fingerprint density at radius 3 is 2.54 bits per heavy atom. The minimum absolute atomic E-state index is 0.114. The van der Waals surface area contributed by atoms with Crippen LogP contribution in [0.15, 0.2) is 10.6 Å². The van der Waals surface area contributed by atoms with E-state index in [2.05, 4.69) is 20.7 Å². The molecule has 2 atom stereocenters. The van der Waals surface area contributed by atoms with Gasteiger partial charge in [-0.3, -0.25) is 0 Å². The molecule has 0 aliphatic rings. The van der Waals surface area contributed by atoms with Crippen molar-refractivity contribution in [3.05, 3.63) is 10.6 Å². The minimum atomic E-state index is -1.07. The van der Waals surface area contributed by atoms with Gasteiger partial charge in [-0.15, -0.1) is 0 Å². The average Bonchev–Trinajstić information content (AvgIpc) is 2.04. The first kappa shape index (κ1) is 12.6. The van der Waals surface area contributed by atoms with E-state index in [9.17, 15) is 4.79 Å². The van der Waals surface area contributed by atoms with Crippen molar-refractivity contribution in [1.82, 2.24) is 0 Å². The highest BCUT2D eigenvalue weighted by Crippen LogP contribution is 2.10. The molecule has 0 aromatic carbocycles. The summed E-state index contributed by atoms with van der Waals surface area (Å²) in [5, 5.41) is 18.1. The van der Waals surface area contributed by atoms with Crippen LogP contribution in [-0.2, 0) is 9.53 Å². The number of hydrogen-bond acceptors (Lipinski definition) is 4. The van der Waals surface area contributed by atoms with Crippen LogP contribution >= 0.6 is 15.9 Å². The molecule has 0 radical (unpaired) electrons. The van der Waals surface area contributed by atoms with Crippen LogP contribution in [0.4, 0.5) is 0 Å². The van der Waals surface area contributed by atoms with E-state index in [1.807, 2.05) is 0 Å². The van der Waals surface area contributed by atoms with Crippen LogP contribution in [0, 0.1) is 0 Å². The molecular weight excluding hydrogens is 240 g/mol. The molecule has 0 bridgehead atoms. The summed E-state index contributed by atoms with van der Waals surface area (Å²) in [7, 11) is 0. The summed E-state index contributed by atoms with van der Waals surface area (Å²) in [6.45, 7) is 3.38. The topological polar surface area (TPSA) is 66.8 Å². The third kappa shape index (κ3) is 5.02. The second-order valence-corrected chi connectivity index (χ2v) is 3.32. The Labute approximate surface area is 85.3 Å². The second-order valence-electron chi connectivity index (χ2n) is 2.47. The first-order valence-electron chi connectivity index (χ1n) is 3.89. The third-order valence-electron chi connectivity index (χ3n) is 1.28. The van der Waals surface area contributed by atoms with Crippen molar-refractivity contribution >= 4 is 21.9 Å². The monoisotopic (exact) mass is 252 g/mol. The summed E-state index contributed by atoms with van der Waals surface area (Å²) in [6, 6.07) is 0. The van der Waals surface area contributed by atoms with Crippen molar-refractivity contribution < 1.29 is 19.7 Å². The van der Waals surface area contributed by atoms with E-state index in [-0.39, 0.29) is 11.1 Å². The maximum absolute atomic E-state index is 11.0. The molecule has 0 rings (SSSR count). The molecule has 0 saturated carbocycles. The summed E-state index contributed by atoms with van der Waals surface area (Å²) in [5.41, 5.74) is 0. The van der Waals surface area contributed by atoms with Crippen LogP contribution < -0.4 is 0 Å². The largest absolute Gasteiger partial charge is 0.462 e. The van der Waals surface area contributed by atoms with Gasteiger partial charge < -0.3 is 14.9 Å². The maximum Gasteiger partial charge on any atom is 0.344 e. The first-order valence-corrected chi connectivity index (χ1v) is 4.69. The number of aliphatic hydroxyl groups is 2. The third-order valence-corrected chi connectivity index (χ3v) is 1.87. The average molecular weight is 253 g/mol. The van der Waals surface area contributed by atoms with Crippen molar-refractivity contribution in [2.24, 2.45) is 0 Å². The standard InChI is InChI=1S/C8H13BrO4/c1-3-13-8(12)6(9)4-7(11)5(2)10/h4-5,7,10-11H,3H2,1-2H3/b6-4-/t5-,7-/m0/s1. The first-order chi connectivity index (χ1) is 5.99. The van der Waals surface area contributed by atoms with Gasteiger partial charge >= 0.3 is 5.97 Å². The molecule has 5 heteroatoms. The van der Waals surface area contributed by atoms with E-state index in [1.165, 1.54) is 13.0 Å². The van der Waals surface area contributed by atoms with Gasteiger partial charge in [0.25, 0.3) is 0 Å². The molecule has 0 aliphatic heterocycles. The Kier molecular flexibility index (Phi) is 5.94. The number of esters is 1. The fourth-order valence-electron chi connectivity index (χ4n) is 0.557. The van der Waals surface area contributed by atoms with Gasteiger partial charge in [-0.2, -0.15) is 0 Å². The lowest BCUT2D eigenvalue weighted by molar-refractivity contribution is -0.137. The van der Waals surface area contributed by atoms with Crippen LogP contribution in [0.1, 0.15) is 13.8 Å². The van der Waals surface area contributed by atoms with Crippen molar-refractivity contribution in [2.75, 3.05) is 6.61 Å². The molecule has 0 unspecified atom stereocenters. The SMILES string of the molecule is CCOC(=O)/C(Br)=C/[C@H](O)[C@H](C)O. The normalized spacial score (nSPS) is 16.5. The number of carbonyl (C=O) groups is 1. The highest BCUT2D eigenvalue weighted by molar-refractivity contribution is 9.12. The fourth-order valence-corrected chi connectivity index (χ4v) is 0.943. The van der Waals surface area contributed by atoms with Crippen molar-refractivity contribution in [3.8, 4) is 0 Å². The van der Waals surface area contributed by atoms with Gasteiger partial charge in [-0.05, 0) is 35.9 Å². The molecule has 4 nitrogen and oxygen atoms in total. The Morgan fingerprint density at radius 1 is 1.62 bits per heavy atom. The molecule has 0 aliphatic carbocycles. The zero-order chi connectivity index (χ0) is 10.4. The molecule has 0 aromatic heterocycles. The summed E-state index contributed by atoms with van der Waals surface area (Å²) in [4.78, 5) is 11.0. The van der Waals surface area contributed by atoms with E-state index < -0.39 is 18.2 Å². The van der Waals surface area contributed by atoms with Gasteiger partial charge in [0.2, 0.25) is 0 Å². The number of aliphatic hydroxyl groups excluding tert-OH is 2. The quantitative estimate of drug-likeness (QED) is 0.567. The van der Waals surface area contributed by atoms with Crippen LogP contribution in [-0.4, -0.2) is 35.0 Å². The molecule has 0 amide bonds. The molecule has 13 heavy (non-hydrogen) atoms. The van der Waals surface area contributed by atoms with Crippen LogP contribution in [0.25, 0.3) is 0 Å². The number of halogens is 1. The second kappa shape index (κ2) is 6.12. The predicted molar refractivity (Wildman–Crippen MR) is 51.3 cm³/mol. The lowest BCUT2D eigenvalue weighted by Gasteiger charge is -2.09. The van der Waals surface area contributed by atoms with E-state index in [0.717, 1.165) is 0 Å². The smallest absolute Gasteiger partial charge is 0.344 e. The van der Waals surface area contributed by atoms with Crippen molar-refractivity contribution in [3.63, 3.8) is 0 Å². The lowest BCUT2D eigenvalue weighted by atomic mass is 10.2. The molecule has 0 spiro atoms. The molecule has 0 aromatic rings. The van der Waals surface area contributed by atoms with Crippen molar-refractivity contribution in [1.29, 1.82) is 0 Å². The van der Waals surface area contributed by atoms with Gasteiger partial charge in [-0.1, -0.05) is 0 Å². The molecule has 0 saturated heterocycles. The molecule has 76 valence electrons. The predicted octanol–water partition coefficient (Wildman–Crippen LogP) is 0.570. The highest BCUT2D eigenvalue weighted by Gasteiger charge is 2.12. The zero-order valence-corrected chi connectivity index (χ0v) is 9.11. The van der Waals surface area contributed by atoms with E-state index in [4.69, 9.17) is 10.2 Å². The van der Waals surface area contributed by atoms with Gasteiger partial charge in [0.1, 0.15) is 4.48 Å². The number of hydrogen-bond donors (Lipinski definition) is 2. The summed E-state index contributed by atoms with van der Waals surface area (Å²) >= 11 is 2.93. The number of ether oxygens (including phenoxy) is 1. The van der Waals surface area contributed by atoms with Crippen LogP contribution in [0.5, 0.6) is 0 Å². The lowest BCUT2D eigenvalue weighted by Crippen LogP contribution is -2.20. The van der Waals surface area contributed by atoms with Crippen LogP contribution in [0.3, 0.4) is 0 Å². The molecule has 0 heterocycles. The van der Waals surface area contributed by atoms with Gasteiger partial charge in [0, 0.05) is 0 Å². The Bertz CT molecular complexity index is 200. The van der Waals surface area contributed by atoms with Gasteiger partial charge in [-0.25, -0.2) is 4.79 Å². The maximum atomic E-state index is 11.0. The molecular formula is C8H13BrO4. The van der Waals surface area contributed by atoms with E-state index in [0.29, 0.717) is 0 Å². The number of rotatable bonds is 4. The number of carbonyl (C=O) groups excluding carboxylic acids is 1. The Balaban J connectivity index is 4.22. The van der Waals surface area contributed by atoms with Crippen LogP contribution in [0.2, 0.25) is 0 Å². The minimum Gasteiger partial charge on any atom is -0.462 e. The van der Waals surface area contributed by atoms with E-state index >= 15 is 0 Å². The Hall–Kier alpha value is -0.390. The fraction of sp³-hybridized carbons (Fsp3) is 0.625. The molecule has 0 fully saturated rings. The highest BCUT2D eigenvalue weighted by atomic mass is 79.9. The van der Waals surface area contributed by atoms with Gasteiger partial charge in [0.15, 0.2) is 0 Å². The summed E-state index contributed by atoms with van der Waals surface area (Å²) in [5.74, 6) is -0.554. The van der Waals surface area contributed by atoms with Gasteiger partial charge in [0.05, 0.1) is 18.8 Å². The summed E-state index contributed by atoms with van der Waals surface area (Å²) in [6.07, 6.45) is -0.788. The molecule has 2 N–H and O–H groups in total. The van der Waals surface area contributed by atoms with E-state index in [1.54, 1.807) is 6.92 Å².